The van der Waals surface area contributed by atoms with Crippen LogP contribution in [-0.2, 0) is 20.9 Å². The third kappa shape index (κ3) is 5.36. The number of nitrogens with one attached hydrogen (secondary N) is 2. The Hall–Kier alpha value is -3.32. The topological polar surface area (TPSA) is 128 Å². The van der Waals surface area contributed by atoms with Crippen molar-refractivity contribution in [1.29, 1.82) is 0 Å². The molecular weight excluding hydrogens is 550 g/mol. The van der Waals surface area contributed by atoms with E-state index >= 15 is 0 Å². The van der Waals surface area contributed by atoms with Crippen molar-refractivity contribution in [3.63, 3.8) is 0 Å². The standard InChI is InChI=1S/C27H27ClF2N4O6/c1-12(35)31-15-4-2-13(3-5-15)14-6-18(29)16(19(30)7-14)9-39-26-17(28)8-20-25(33-26)34-27(32-20)40-22-11-38-23-21(36)10-37-24(22)23/h2,6-8,15,21-24,36H,3-5,9-11H2,1H3,(H,31,35)(H,32,33,34)/t15?,21-,22-,23?,24-/m1/s1. The van der Waals surface area contributed by atoms with Gasteiger partial charge in [0.25, 0.3) is 6.01 Å². The number of aliphatic hydroxyl groups is 1. The van der Waals surface area contributed by atoms with Crippen LogP contribution in [0.5, 0.6) is 11.9 Å². The van der Waals surface area contributed by atoms with Crippen LogP contribution in [0.3, 0.4) is 0 Å². The number of hydrogen-bond donors (Lipinski definition) is 3. The molecule has 0 saturated carbocycles. The molecule has 3 aromatic rings. The van der Waals surface area contributed by atoms with Crippen LogP contribution in [0.2, 0.25) is 5.02 Å². The van der Waals surface area contributed by atoms with E-state index in [1.54, 1.807) is 0 Å². The summed E-state index contributed by atoms with van der Waals surface area (Å²) in [6.07, 6.45) is 1.76. The molecule has 0 spiro atoms. The molecule has 1 amide bonds. The minimum absolute atomic E-state index is 0.0229. The molecule has 1 aliphatic carbocycles. The maximum absolute atomic E-state index is 15.0. The highest BCUT2D eigenvalue weighted by molar-refractivity contribution is 6.32. The number of aliphatic hydroxyl groups excluding tert-OH is 1. The van der Waals surface area contributed by atoms with Gasteiger partial charge in [0.2, 0.25) is 11.8 Å². The highest BCUT2D eigenvalue weighted by Gasteiger charge is 2.48. The first-order chi connectivity index (χ1) is 19.2. The number of halogens is 3. The quantitative estimate of drug-likeness (QED) is 0.390. The second kappa shape index (κ2) is 10.9. The minimum atomic E-state index is -0.746. The number of allylic oxidation sites excluding steroid dienone is 1. The van der Waals surface area contributed by atoms with Crippen LogP contribution in [0.25, 0.3) is 16.7 Å². The first-order valence-electron chi connectivity index (χ1n) is 13.0. The second-order valence-electron chi connectivity index (χ2n) is 10.1. The maximum atomic E-state index is 15.0. The SMILES string of the molecule is CC(=O)NC1CC=C(c2cc(F)c(COc3nc4nc(O[C@@H]5COC6[C@H](O)CO[C@@H]65)[nH]c4cc3Cl)c(F)c2)CC1. The van der Waals surface area contributed by atoms with Crippen molar-refractivity contribution in [2.75, 3.05) is 13.2 Å². The molecule has 6 rings (SSSR count). The van der Waals surface area contributed by atoms with E-state index in [1.165, 1.54) is 25.1 Å². The minimum Gasteiger partial charge on any atom is -0.471 e. The van der Waals surface area contributed by atoms with E-state index in [4.69, 9.17) is 30.5 Å². The fraction of sp³-hybridized carbons (Fsp3) is 0.444. The lowest BCUT2D eigenvalue weighted by molar-refractivity contribution is -0.119. The van der Waals surface area contributed by atoms with Crippen LogP contribution in [0.1, 0.15) is 37.3 Å². The molecule has 13 heteroatoms. The number of H-pyrrole nitrogens is 1. The number of pyridine rings is 1. The first-order valence-corrected chi connectivity index (χ1v) is 13.3. The van der Waals surface area contributed by atoms with Crippen molar-refractivity contribution < 1.29 is 37.6 Å². The van der Waals surface area contributed by atoms with Gasteiger partial charge in [-0.25, -0.2) is 8.78 Å². The Balaban J connectivity index is 1.13. The molecule has 4 heterocycles. The molecule has 2 saturated heterocycles. The van der Waals surface area contributed by atoms with Gasteiger partial charge >= 0.3 is 0 Å². The van der Waals surface area contributed by atoms with Gasteiger partial charge in [-0.15, -0.1) is 0 Å². The average molecular weight is 577 g/mol. The van der Waals surface area contributed by atoms with Gasteiger partial charge in [0, 0.05) is 13.0 Å². The van der Waals surface area contributed by atoms with Crippen LogP contribution in [0, 0.1) is 11.6 Å². The third-order valence-electron chi connectivity index (χ3n) is 7.30. The normalized spacial score (nSPS) is 26.0. The Bertz CT molecular complexity index is 1460. The van der Waals surface area contributed by atoms with E-state index in [0.717, 1.165) is 5.57 Å². The highest BCUT2D eigenvalue weighted by atomic mass is 35.5. The van der Waals surface area contributed by atoms with Gasteiger partial charge < -0.3 is 34.4 Å². The number of rotatable bonds is 7. The Morgan fingerprint density at radius 3 is 2.70 bits per heavy atom. The fourth-order valence-corrected chi connectivity index (χ4v) is 5.51. The summed E-state index contributed by atoms with van der Waals surface area (Å²) < 4.78 is 52.5. The first kappa shape index (κ1) is 26.9. The zero-order valence-corrected chi connectivity index (χ0v) is 22.2. The number of amides is 1. The Labute approximate surface area is 232 Å². The number of carbonyl (C=O) groups is 1. The Kier molecular flexibility index (Phi) is 7.34. The van der Waals surface area contributed by atoms with Gasteiger partial charge in [-0.05, 0) is 48.6 Å². The van der Waals surface area contributed by atoms with Gasteiger partial charge in [-0.1, -0.05) is 17.7 Å². The number of nitrogens with zero attached hydrogens (tertiary/aromatic N) is 2. The molecule has 0 bridgehead atoms. The van der Waals surface area contributed by atoms with Crippen LogP contribution in [0.4, 0.5) is 8.78 Å². The van der Waals surface area contributed by atoms with E-state index in [-0.39, 0.29) is 53.3 Å². The van der Waals surface area contributed by atoms with Crippen LogP contribution < -0.4 is 14.8 Å². The number of benzene rings is 1. The molecule has 10 nitrogen and oxygen atoms in total. The summed E-state index contributed by atoms with van der Waals surface area (Å²) in [5, 5.41) is 12.9. The Morgan fingerprint density at radius 2 is 1.98 bits per heavy atom. The van der Waals surface area contributed by atoms with E-state index in [1.807, 2.05) is 6.08 Å². The molecule has 40 heavy (non-hydrogen) atoms. The number of aromatic nitrogens is 3. The molecule has 2 fully saturated rings. The predicted octanol–water partition coefficient (Wildman–Crippen LogP) is 3.45. The van der Waals surface area contributed by atoms with Crippen LogP contribution in [-0.4, -0.2) is 69.6 Å². The molecule has 2 unspecified atom stereocenters. The van der Waals surface area contributed by atoms with Crippen molar-refractivity contribution in [2.45, 2.75) is 63.3 Å². The van der Waals surface area contributed by atoms with Crippen molar-refractivity contribution in [3.8, 4) is 11.9 Å². The summed E-state index contributed by atoms with van der Waals surface area (Å²) in [5.41, 5.74) is 1.73. The van der Waals surface area contributed by atoms with Crippen molar-refractivity contribution in [2.24, 2.45) is 0 Å². The molecule has 5 atom stereocenters. The number of ether oxygens (including phenoxy) is 4. The largest absolute Gasteiger partial charge is 0.471 e. The molecule has 212 valence electrons. The molecule has 0 radical (unpaired) electrons. The lowest BCUT2D eigenvalue weighted by atomic mass is 9.90. The van der Waals surface area contributed by atoms with Gasteiger partial charge in [0.1, 0.15) is 41.6 Å². The Morgan fingerprint density at radius 1 is 1.20 bits per heavy atom. The van der Waals surface area contributed by atoms with Gasteiger partial charge in [0.15, 0.2) is 11.8 Å². The third-order valence-corrected chi connectivity index (χ3v) is 7.57. The molecule has 2 aliphatic heterocycles. The summed E-state index contributed by atoms with van der Waals surface area (Å²) >= 11 is 6.32. The van der Waals surface area contributed by atoms with Crippen molar-refractivity contribution in [3.05, 3.63) is 52.1 Å². The number of imidazole rings is 1. The lowest BCUT2D eigenvalue weighted by Crippen LogP contribution is -2.34. The predicted molar refractivity (Wildman–Crippen MR) is 139 cm³/mol. The van der Waals surface area contributed by atoms with Gasteiger partial charge in [-0.3, -0.25) is 4.79 Å². The average Bonchev–Trinajstić information content (AvgIpc) is 3.60. The number of fused-ring (bicyclic) bond motifs is 2. The monoisotopic (exact) mass is 576 g/mol. The summed E-state index contributed by atoms with van der Waals surface area (Å²) in [6, 6.07) is 4.28. The molecular formula is C27H27ClF2N4O6. The maximum Gasteiger partial charge on any atom is 0.296 e. The number of aromatic amines is 1. The summed E-state index contributed by atoms with van der Waals surface area (Å²) in [7, 11) is 0. The molecule has 1 aromatic carbocycles. The van der Waals surface area contributed by atoms with E-state index in [2.05, 4.69) is 20.3 Å². The van der Waals surface area contributed by atoms with Crippen LogP contribution >= 0.6 is 11.6 Å². The van der Waals surface area contributed by atoms with Crippen LogP contribution in [0.15, 0.2) is 24.3 Å². The van der Waals surface area contributed by atoms with E-state index < -0.39 is 42.7 Å². The van der Waals surface area contributed by atoms with Gasteiger partial charge in [-0.2, -0.15) is 9.97 Å². The summed E-state index contributed by atoms with van der Waals surface area (Å²) in [5.74, 6) is -1.63. The van der Waals surface area contributed by atoms with E-state index in [9.17, 15) is 18.7 Å². The molecule has 3 aliphatic rings. The zero-order valence-electron chi connectivity index (χ0n) is 21.5. The molecule has 3 N–H and O–H groups in total. The van der Waals surface area contributed by atoms with E-state index in [0.29, 0.717) is 30.3 Å². The van der Waals surface area contributed by atoms with Crippen molar-refractivity contribution >= 4 is 34.2 Å². The lowest BCUT2D eigenvalue weighted by Gasteiger charge is -2.23. The summed E-state index contributed by atoms with van der Waals surface area (Å²) in [6.45, 7) is 1.44. The highest BCUT2D eigenvalue weighted by Crippen LogP contribution is 2.33. The fourth-order valence-electron chi connectivity index (χ4n) is 5.31. The van der Waals surface area contributed by atoms with Crippen molar-refractivity contribution in [1.82, 2.24) is 20.3 Å². The second-order valence-corrected chi connectivity index (χ2v) is 10.5. The smallest absolute Gasteiger partial charge is 0.296 e. The number of hydrogen-bond acceptors (Lipinski definition) is 8. The molecule has 2 aromatic heterocycles. The summed E-state index contributed by atoms with van der Waals surface area (Å²) in [4.78, 5) is 22.8. The number of carbonyl (C=O) groups excluding carboxylic acids is 1. The van der Waals surface area contributed by atoms with Gasteiger partial charge in [0.05, 0.1) is 24.3 Å². The zero-order chi connectivity index (χ0) is 28.0.